The number of nitrogens with one attached hydrogen (secondary N) is 1. The highest BCUT2D eigenvalue weighted by Gasteiger charge is 2.22. The van der Waals surface area contributed by atoms with Crippen molar-refractivity contribution in [2.24, 2.45) is 0 Å². The third kappa shape index (κ3) is 4.37. The zero-order valence-electron chi connectivity index (χ0n) is 15.0. The maximum absolute atomic E-state index is 12.6. The Kier molecular flexibility index (Phi) is 5.62. The van der Waals surface area contributed by atoms with Gasteiger partial charge >= 0.3 is 5.97 Å². The monoisotopic (exact) mass is 389 g/mol. The van der Waals surface area contributed by atoms with Crippen molar-refractivity contribution in [2.45, 2.75) is 19.9 Å². The van der Waals surface area contributed by atoms with E-state index in [9.17, 15) is 9.59 Å². The molecule has 2 heterocycles. The average molecular weight is 390 g/mol. The summed E-state index contributed by atoms with van der Waals surface area (Å²) in [5, 5.41) is 12.3. The highest BCUT2D eigenvalue weighted by molar-refractivity contribution is 6.31. The summed E-state index contributed by atoms with van der Waals surface area (Å²) < 4.78 is 5.43. The molecule has 0 aliphatic carbocycles. The van der Waals surface area contributed by atoms with Crippen molar-refractivity contribution in [3.05, 3.63) is 52.2 Å². The van der Waals surface area contributed by atoms with Gasteiger partial charge in [-0.25, -0.2) is 9.78 Å². The summed E-state index contributed by atoms with van der Waals surface area (Å²) in [4.78, 5) is 30.2. The lowest BCUT2D eigenvalue weighted by molar-refractivity contribution is 0.0696. The largest absolute Gasteiger partial charge is 0.478 e. The van der Waals surface area contributed by atoms with E-state index in [2.05, 4.69) is 15.2 Å². The first-order valence-corrected chi connectivity index (χ1v) is 8.90. The van der Waals surface area contributed by atoms with E-state index < -0.39 is 11.9 Å². The number of aromatic nitrogens is 1. The minimum atomic E-state index is -1.01. The molecular formula is C19H20ClN3O4. The number of carbonyl (C=O) groups excluding carboxylic acids is 1. The van der Waals surface area contributed by atoms with E-state index in [1.54, 1.807) is 25.1 Å². The maximum Gasteiger partial charge on any atom is 0.335 e. The van der Waals surface area contributed by atoms with Gasteiger partial charge in [0.25, 0.3) is 5.91 Å². The van der Waals surface area contributed by atoms with Crippen molar-refractivity contribution in [3.63, 3.8) is 0 Å². The van der Waals surface area contributed by atoms with Crippen molar-refractivity contribution < 1.29 is 19.4 Å². The van der Waals surface area contributed by atoms with E-state index in [1.807, 2.05) is 6.92 Å². The molecule has 27 heavy (non-hydrogen) atoms. The number of hydrogen-bond donors (Lipinski definition) is 2. The number of carbonyl (C=O) groups is 2. The summed E-state index contributed by atoms with van der Waals surface area (Å²) in [6, 6.07) is 7.97. The Morgan fingerprint density at radius 1 is 1.33 bits per heavy atom. The number of rotatable bonds is 4. The van der Waals surface area contributed by atoms with Crippen LogP contribution < -0.4 is 10.2 Å². The predicted molar refractivity (Wildman–Crippen MR) is 103 cm³/mol. The predicted octanol–water partition coefficient (Wildman–Crippen LogP) is 3.22. The number of nitrogens with zero attached hydrogens (tertiary/aromatic N) is 2. The molecule has 1 aromatic carbocycles. The number of morpholine rings is 1. The van der Waals surface area contributed by atoms with Gasteiger partial charge in [0.2, 0.25) is 0 Å². The third-order valence-corrected chi connectivity index (χ3v) is 4.60. The van der Waals surface area contributed by atoms with E-state index in [4.69, 9.17) is 21.4 Å². The standard InChI is InChI=1S/C19H20ClN3O4/c1-11-7-14(3-4-15(11)19(25)26)21-18(24)16-8-13(20)9-17(22-16)23-5-6-27-10-12(23)2/h3-4,7-9,12H,5-6,10H2,1-2H3,(H,21,24)(H,25,26)/t12-/m0/s1. The average Bonchev–Trinajstić information content (AvgIpc) is 2.61. The molecule has 1 amide bonds. The van der Waals surface area contributed by atoms with Crippen LogP contribution in [0.3, 0.4) is 0 Å². The number of carboxylic acid groups (broad SMARTS) is 1. The van der Waals surface area contributed by atoms with Crippen LogP contribution in [0.25, 0.3) is 0 Å². The molecule has 2 N–H and O–H groups in total. The molecule has 2 aromatic rings. The molecule has 1 fully saturated rings. The lowest BCUT2D eigenvalue weighted by Gasteiger charge is -2.34. The molecule has 1 aliphatic rings. The molecule has 0 bridgehead atoms. The van der Waals surface area contributed by atoms with Crippen molar-refractivity contribution in [1.82, 2.24) is 4.98 Å². The molecule has 142 valence electrons. The quantitative estimate of drug-likeness (QED) is 0.834. The molecule has 0 spiro atoms. The highest BCUT2D eigenvalue weighted by atomic mass is 35.5. The number of pyridine rings is 1. The number of benzene rings is 1. The molecular weight excluding hydrogens is 370 g/mol. The molecule has 0 saturated carbocycles. The van der Waals surface area contributed by atoms with E-state index in [0.29, 0.717) is 41.8 Å². The fourth-order valence-corrected chi connectivity index (χ4v) is 3.19. The number of halogens is 1. The fraction of sp³-hybridized carbons (Fsp3) is 0.316. The Morgan fingerprint density at radius 2 is 2.11 bits per heavy atom. The van der Waals surface area contributed by atoms with Gasteiger partial charge in [0.05, 0.1) is 24.8 Å². The van der Waals surface area contributed by atoms with Gasteiger partial charge in [-0.2, -0.15) is 0 Å². The molecule has 1 atom stereocenters. The van der Waals surface area contributed by atoms with Gasteiger partial charge in [-0.1, -0.05) is 11.6 Å². The van der Waals surface area contributed by atoms with E-state index in [0.717, 1.165) is 0 Å². The fourth-order valence-electron chi connectivity index (χ4n) is 2.99. The van der Waals surface area contributed by atoms with E-state index >= 15 is 0 Å². The number of hydrogen-bond acceptors (Lipinski definition) is 5. The summed E-state index contributed by atoms with van der Waals surface area (Å²) in [5.41, 5.74) is 1.43. The van der Waals surface area contributed by atoms with Crippen LogP contribution in [0.5, 0.6) is 0 Å². The van der Waals surface area contributed by atoms with Gasteiger partial charge < -0.3 is 20.1 Å². The first kappa shape index (κ1) is 19.1. The molecule has 1 aliphatic heterocycles. The van der Waals surface area contributed by atoms with Crippen molar-refractivity contribution in [2.75, 3.05) is 30.0 Å². The molecule has 1 saturated heterocycles. The summed E-state index contributed by atoms with van der Waals surface area (Å²) >= 11 is 6.20. The topological polar surface area (TPSA) is 91.8 Å². The summed E-state index contributed by atoms with van der Waals surface area (Å²) in [7, 11) is 0. The second-order valence-electron chi connectivity index (χ2n) is 6.44. The molecule has 7 nitrogen and oxygen atoms in total. The first-order chi connectivity index (χ1) is 12.8. The second-order valence-corrected chi connectivity index (χ2v) is 6.87. The zero-order chi connectivity index (χ0) is 19.6. The minimum Gasteiger partial charge on any atom is -0.478 e. The van der Waals surface area contributed by atoms with E-state index in [1.165, 1.54) is 12.1 Å². The molecule has 3 rings (SSSR count). The SMILES string of the molecule is Cc1cc(NC(=O)c2cc(Cl)cc(N3CCOC[C@@H]3C)n2)ccc1C(=O)O. The summed E-state index contributed by atoms with van der Waals surface area (Å²) in [6.45, 7) is 5.55. The van der Waals surface area contributed by atoms with Crippen LogP contribution in [0.4, 0.5) is 11.5 Å². The summed E-state index contributed by atoms with van der Waals surface area (Å²) in [6.07, 6.45) is 0. The Morgan fingerprint density at radius 3 is 2.78 bits per heavy atom. The lowest BCUT2D eigenvalue weighted by atomic mass is 10.1. The number of carboxylic acids is 1. The first-order valence-electron chi connectivity index (χ1n) is 8.52. The Labute approximate surface area is 161 Å². The highest BCUT2D eigenvalue weighted by Crippen LogP contribution is 2.23. The molecule has 0 unspecified atom stereocenters. The van der Waals surface area contributed by atoms with Crippen LogP contribution in [-0.2, 0) is 4.74 Å². The number of aryl methyl sites for hydroxylation is 1. The van der Waals surface area contributed by atoms with Gasteiger partial charge in [-0.3, -0.25) is 4.79 Å². The van der Waals surface area contributed by atoms with Gasteiger partial charge in [-0.15, -0.1) is 0 Å². The van der Waals surface area contributed by atoms with Gasteiger partial charge in [0.15, 0.2) is 0 Å². The van der Waals surface area contributed by atoms with Crippen LogP contribution in [0.2, 0.25) is 5.02 Å². The van der Waals surface area contributed by atoms with Gasteiger partial charge in [0, 0.05) is 17.3 Å². The molecule has 0 radical (unpaired) electrons. The van der Waals surface area contributed by atoms with Crippen molar-refractivity contribution in [3.8, 4) is 0 Å². The Balaban J connectivity index is 1.82. The molecule has 1 aromatic heterocycles. The normalized spacial score (nSPS) is 16.9. The number of amides is 1. The second kappa shape index (κ2) is 7.94. The number of aromatic carboxylic acids is 1. The third-order valence-electron chi connectivity index (χ3n) is 4.39. The number of anilines is 2. The zero-order valence-corrected chi connectivity index (χ0v) is 15.8. The van der Waals surface area contributed by atoms with Crippen molar-refractivity contribution >= 4 is 35.0 Å². The van der Waals surface area contributed by atoms with E-state index in [-0.39, 0.29) is 17.3 Å². The Bertz CT molecular complexity index is 887. The smallest absolute Gasteiger partial charge is 0.335 e. The van der Waals surface area contributed by atoms with Crippen LogP contribution in [0.15, 0.2) is 30.3 Å². The number of ether oxygens (including phenoxy) is 1. The van der Waals surface area contributed by atoms with Gasteiger partial charge in [0.1, 0.15) is 11.5 Å². The van der Waals surface area contributed by atoms with Crippen molar-refractivity contribution in [1.29, 1.82) is 0 Å². The van der Waals surface area contributed by atoms with Crippen LogP contribution >= 0.6 is 11.6 Å². The van der Waals surface area contributed by atoms with Gasteiger partial charge in [-0.05, 0) is 49.7 Å². The Hall–Kier alpha value is -2.64. The minimum absolute atomic E-state index is 0.131. The van der Waals surface area contributed by atoms with Crippen LogP contribution in [0, 0.1) is 6.92 Å². The molecule has 8 heteroatoms. The summed E-state index contributed by atoms with van der Waals surface area (Å²) in [5.74, 6) is -0.797. The van der Waals surface area contributed by atoms with Crippen LogP contribution in [-0.4, -0.2) is 47.8 Å². The maximum atomic E-state index is 12.6. The van der Waals surface area contributed by atoms with Crippen LogP contribution in [0.1, 0.15) is 33.3 Å². The lowest BCUT2D eigenvalue weighted by Crippen LogP contribution is -2.44.